The minimum absolute atomic E-state index is 0.124. The Morgan fingerprint density at radius 2 is 1.94 bits per heavy atom. The molecule has 162 valence electrons. The number of benzene rings is 2. The van der Waals surface area contributed by atoms with Crippen LogP contribution in [0.4, 0.5) is 5.82 Å². The maximum atomic E-state index is 10.8. The van der Waals surface area contributed by atoms with Gasteiger partial charge in [0.1, 0.15) is 28.4 Å². The van der Waals surface area contributed by atoms with Gasteiger partial charge in [0.15, 0.2) is 0 Å². The second-order valence-electron chi connectivity index (χ2n) is 7.68. The van der Waals surface area contributed by atoms with Crippen LogP contribution in [0.2, 0.25) is 0 Å². The first-order chi connectivity index (χ1) is 15.7. The van der Waals surface area contributed by atoms with Crippen molar-refractivity contribution in [1.82, 2.24) is 14.9 Å². The Bertz CT molecular complexity index is 1300. The van der Waals surface area contributed by atoms with E-state index in [2.05, 4.69) is 25.4 Å². The SMILES string of the molecule is Oc1cccc2ccc(N/N=C/c3cc(CN4CCOCC4)c(O)c4ncccc34)nc12. The predicted octanol–water partition coefficient (Wildman–Crippen LogP) is 3.47. The molecular formula is C24H23N5O3. The quantitative estimate of drug-likeness (QED) is 0.330. The van der Waals surface area contributed by atoms with Crippen molar-refractivity contribution in [2.24, 2.45) is 5.10 Å². The summed E-state index contributed by atoms with van der Waals surface area (Å²) in [5.74, 6) is 0.840. The molecule has 0 saturated carbocycles. The number of para-hydroxylation sites is 1. The third-order valence-corrected chi connectivity index (χ3v) is 5.56. The van der Waals surface area contributed by atoms with Gasteiger partial charge < -0.3 is 14.9 Å². The van der Waals surface area contributed by atoms with Crippen LogP contribution in [0.25, 0.3) is 21.8 Å². The molecule has 1 aliphatic rings. The number of hydrazone groups is 1. The largest absolute Gasteiger partial charge is 0.506 e. The highest BCUT2D eigenvalue weighted by Crippen LogP contribution is 2.31. The number of aromatic nitrogens is 2. The zero-order valence-corrected chi connectivity index (χ0v) is 17.4. The Morgan fingerprint density at radius 1 is 1.06 bits per heavy atom. The van der Waals surface area contributed by atoms with Crippen LogP contribution in [0.5, 0.6) is 11.5 Å². The molecule has 0 radical (unpaired) electrons. The fraction of sp³-hybridized carbons (Fsp3) is 0.208. The molecule has 0 aliphatic carbocycles. The van der Waals surface area contributed by atoms with Crippen molar-refractivity contribution in [3.05, 3.63) is 65.9 Å². The number of aromatic hydroxyl groups is 2. The first-order valence-electron chi connectivity index (χ1n) is 10.5. The van der Waals surface area contributed by atoms with Gasteiger partial charge in [-0.05, 0) is 30.3 Å². The predicted molar refractivity (Wildman–Crippen MR) is 124 cm³/mol. The maximum Gasteiger partial charge on any atom is 0.147 e. The fourth-order valence-corrected chi connectivity index (χ4v) is 3.90. The number of morpholine rings is 1. The van der Waals surface area contributed by atoms with Crippen LogP contribution >= 0.6 is 0 Å². The van der Waals surface area contributed by atoms with E-state index in [1.807, 2.05) is 30.3 Å². The average molecular weight is 429 g/mol. The van der Waals surface area contributed by atoms with E-state index >= 15 is 0 Å². The van der Waals surface area contributed by atoms with Gasteiger partial charge in [-0.3, -0.25) is 15.3 Å². The highest BCUT2D eigenvalue weighted by molar-refractivity contribution is 6.01. The number of nitrogens with zero attached hydrogens (tertiary/aromatic N) is 4. The number of nitrogens with one attached hydrogen (secondary N) is 1. The Hall–Kier alpha value is -3.75. The van der Waals surface area contributed by atoms with Crippen molar-refractivity contribution in [3.8, 4) is 11.5 Å². The summed E-state index contributed by atoms with van der Waals surface area (Å²) in [4.78, 5) is 11.1. The number of pyridine rings is 2. The second kappa shape index (κ2) is 8.78. The summed E-state index contributed by atoms with van der Waals surface area (Å²) in [6.45, 7) is 3.65. The average Bonchev–Trinajstić information content (AvgIpc) is 2.83. The van der Waals surface area contributed by atoms with Crippen molar-refractivity contribution in [2.75, 3.05) is 31.7 Å². The summed E-state index contributed by atoms with van der Waals surface area (Å²) in [7, 11) is 0. The molecule has 2 aromatic heterocycles. The lowest BCUT2D eigenvalue weighted by atomic mass is 10.0. The molecule has 0 amide bonds. The third-order valence-electron chi connectivity index (χ3n) is 5.56. The fourth-order valence-electron chi connectivity index (χ4n) is 3.90. The van der Waals surface area contributed by atoms with E-state index in [1.54, 1.807) is 30.6 Å². The molecule has 4 aromatic rings. The van der Waals surface area contributed by atoms with Gasteiger partial charge in [-0.2, -0.15) is 5.10 Å². The van der Waals surface area contributed by atoms with E-state index < -0.39 is 0 Å². The number of rotatable bonds is 5. The molecule has 2 aromatic carbocycles. The Morgan fingerprint density at radius 3 is 2.81 bits per heavy atom. The monoisotopic (exact) mass is 429 g/mol. The first kappa shape index (κ1) is 20.2. The zero-order chi connectivity index (χ0) is 21.9. The number of phenols is 2. The van der Waals surface area contributed by atoms with Gasteiger partial charge in [-0.15, -0.1) is 0 Å². The summed E-state index contributed by atoms with van der Waals surface area (Å²) >= 11 is 0. The molecule has 1 aliphatic heterocycles. The molecule has 32 heavy (non-hydrogen) atoms. The van der Waals surface area contributed by atoms with Crippen molar-refractivity contribution in [2.45, 2.75) is 6.54 Å². The third kappa shape index (κ3) is 4.05. The van der Waals surface area contributed by atoms with Crippen molar-refractivity contribution < 1.29 is 14.9 Å². The molecule has 1 saturated heterocycles. The number of fused-ring (bicyclic) bond motifs is 2. The second-order valence-corrected chi connectivity index (χ2v) is 7.68. The van der Waals surface area contributed by atoms with E-state index in [0.29, 0.717) is 36.6 Å². The van der Waals surface area contributed by atoms with E-state index in [9.17, 15) is 10.2 Å². The summed E-state index contributed by atoms with van der Waals surface area (Å²) in [6.07, 6.45) is 3.37. The van der Waals surface area contributed by atoms with E-state index in [-0.39, 0.29) is 11.5 Å². The first-order valence-corrected chi connectivity index (χ1v) is 10.5. The molecule has 8 heteroatoms. The lowest BCUT2D eigenvalue weighted by Gasteiger charge is -2.27. The van der Waals surface area contributed by atoms with Crippen LogP contribution in [0.3, 0.4) is 0 Å². The van der Waals surface area contributed by atoms with Crippen LogP contribution < -0.4 is 5.43 Å². The van der Waals surface area contributed by atoms with Crippen LogP contribution in [0, 0.1) is 0 Å². The number of hydrogen-bond donors (Lipinski definition) is 3. The van der Waals surface area contributed by atoms with Gasteiger partial charge in [-0.25, -0.2) is 4.98 Å². The minimum atomic E-state index is 0.124. The van der Waals surface area contributed by atoms with Crippen LogP contribution in [0.1, 0.15) is 11.1 Å². The highest BCUT2D eigenvalue weighted by Gasteiger charge is 2.16. The Labute approximate surface area is 184 Å². The van der Waals surface area contributed by atoms with Gasteiger partial charge >= 0.3 is 0 Å². The normalized spacial score (nSPS) is 15.0. The van der Waals surface area contributed by atoms with E-state index in [1.165, 1.54) is 0 Å². The van der Waals surface area contributed by atoms with Gasteiger partial charge in [0.05, 0.1) is 19.4 Å². The van der Waals surface area contributed by atoms with Crippen LogP contribution in [-0.2, 0) is 11.3 Å². The lowest BCUT2D eigenvalue weighted by Crippen LogP contribution is -2.35. The van der Waals surface area contributed by atoms with E-state index in [4.69, 9.17) is 4.74 Å². The molecule has 0 atom stereocenters. The molecule has 8 nitrogen and oxygen atoms in total. The number of hydrogen-bond acceptors (Lipinski definition) is 8. The topological polar surface area (TPSA) is 103 Å². The van der Waals surface area contributed by atoms with Gasteiger partial charge in [0.25, 0.3) is 0 Å². The smallest absolute Gasteiger partial charge is 0.147 e. The number of anilines is 1. The van der Waals surface area contributed by atoms with Crippen molar-refractivity contribution >= 4 is 33.8 Å². The Kier molecular flexibility index (Phi) is 5.53. The van der Waals surface area contributed by atoms with Gasteiger partial charge in [0, 0.05) is 47.7 Å². The van der Waals surface area contributed by atoms with Crippen LogP contribution in [-0.4, -0.2) is 57.6 Å². The minimum Gasteiger partial charge on any atom is -0.506 e. The molecular weight excluding hydrogens is 406 g/mol. The molecule has 0 unspecified atom stereocenters. The lowest BCUT2D eigenvalue weighted by molar-refractivity contribution is 0.0339. The molecule has 0 bridgehead atoms. The number of ether oxygens (including phenoxy) is 1. The summed E-state index contributed by atoms with van der Waals surface area (Å²) in [5.41, 5.74) is 5.63. The van der Waals surface area contributed by atoms with E-state index in [0.717, 1.165) is 35.0 Å². The molecule has 5 rings (SSSR count). The maximum absolute atomic E-state index is 10.8. The highest BCUT2D eigenvalue weighted by atomic mass is 16.5. The number of phenolic OH excluding ortho intramolecular Hbond substituents is 2. The van der Waals surface area contributed by atoms with Gasteiger partial charge in [-0.1, -0.05) is 18.2 Å². The Balaban J connectivity index is 1.44. The molecule has 1 fully saturated rings. The summed E-state index contributed by atoms with van der Waals surface area (Å²) < 4.78 is 5.42. The molecule has 3 heterocycles. The van der Waals surface area contributed by atoms with Gasteiger partial charge in [0.2, 0.25) is 0 Å². The standard InChI is InChI=1S/C24H23N5O3/c30-20-5-1-3-16-6-7-21(27-22(16)20)28-26-14-17-13-18(15-29-9-11-32-12-10-29)24(31)23-19(17)4-2-8-25-23/h1-8,13-14,30-31H,9-12,15H2,(H,27,28)/b26-14+. The van der Waals surface area contributed by atoms with Crippen molar-refractivity contribution in [3.63, 3.8) is 0 Å². The summed E-state index contributed by atoms with van der Waals surface area (Å²) in [5, 5.41) is 26.9. The van der Waals surface area contributed by atoms with Crippen molar-refractivity contribution in [1.29, 1.82) is 0 Å². The summed E-state index contributed by atoms with van der Waals surface area (Å²) in [6, 6.07) is 14.6. The molecule has 3 N–H and O–H groups in total. The zero-order valence-electron chi connectivity index (χ0n) is 17.4. The molecule has 0 spiro atoms. The van der Waals surface area contributed by atoms with Crippen LogP contribution in [0.15, 0.2) is 59.8 Å².